The average molecular weight is 206 g/mol. The molecule has 1 rings (SSSR count). The van der Waals surface area contributed by atoms with Gasteiger partial charge in [0.25, 0.3) is 0 Å². The minimum atomic E-state index is -0.516. The van der Waals surface area contributed by atoms with Gasteiger partial charge in [0.1, 0.15) is 11.9 Å². The van der Waals surface area contributed by atoms with Crippen molar-refractivity contribution in [2.45, 2.75) is 33.0 Å². The van der Waals surface area contributed by atoms with E-state index in [-0.39, 0.29) is 6.10 Å². The fraction of sp³-hybridized carbons (Fsp3) is 0.385. The van der Waals surface area contributed by atoms with Gasteiger partial charge in [0.15, 0.2) is 0 Å². The van der Waals surface area contributed by atoms with Crippen LogP contribution in [0.25, 0.3) is 0 Å². The van der Waals surface area contributed by atoms with Crippen LogP contribution < -0.4 is 4.74 Å². The molecule has 0 aromatic heterocycles. The van der Waals surface area contributed by atoms with Crippen LogP contribution in [0.3, 0.4) is 0 Å². The second-order valence-corrected chi connectivity index (χ2v) is 3.78. The quantitative estimate of drug-likeness (QED) is 0.767. The molecule has 0 saturated carbocycles. The molecule has 2 nitrogen and oxygen atoms in total. The highest BCUT2D eigenvalue weighted by Crippen LogP contribution is 2.27. The molecular formula is C13H18O2. The number of benzene rings is 1. The van der Waals surface area contributed by atoms with E-state index in [9.17, 15) is 5.11 Å². The Hall–Kier alpha value is -1.28. The van der Waals surface area contributed by atoms with E-state index in [4.69, 9.17) is 4.74 Å². The van der Waals surface area contributed by atoms with E-state index < -0.39 is 6.10 Å². The maximum atomic E-state index is 9.58. The molecule has 15 heavy (non-hydrogen) atoms. The Balaban J connectivity index is 3.01. The summed E-state index contributed by atoms with van der Waals surface area (Å²) in [4.78, 5) is 0. The number of aryl methyl sites for hydroxylation is 1. The third-order valence-electron chi connectivity index (χ3n) is 2.26. The van der Waals surface area contributed by atoms with Crippen LogP contribution in [0.2, 0.25) is 0 Å². The normalized spacial score (nSPS) is 14.4. The van der Waals surface area contributed by atoms with Gasteiger partial charge in [-0.1, -0.05) is 24.8 Å². The van der Waals surface area contributed by atoms with Gasteiger partial charge in [-0.15, -0.1) is 0 Å². The molecule has 0 radical (unpaired) electrons. The first kappa shape index (κ1) is 11.8. The molecule has 0 amide bonds. The molecule has 0 saturated heterocycles. The van der Waals surface area contributed by atoms with E-state index in [1.807, 2.05) is 32.0 Å². The highest BCUT2D eigenvalue weighted by Gasteiger charge is 2.10. The zero-order valence-electron chi connectivity index (χ0n) is 9.53. The van der Waals surface area contributed by atoms with Gasteiger partial charge >= 0.3 is 0 Å². The van der Waals surface area contributed by atoms with Crippen LogP contribution >= 0.6 is 0 Å². The molecule has 0 heterocycles. The molecule has 82 valence electrons. The molecule has 1 aromatic carbocycles. The van der Waals surface area contributed by atoms with Gasteiger partial charge < -0.3 is 9.84 Å². The van der Waals surface area contributed by atoms with Crippen molar-refractivity contribution in [1.29, 1.82) is 0 Å². The first-order valence-corrected chi connectivity index (χ1v) is 5.12. The Morgan fingerprint density at radius 1 is 1.40 bits per heavy atom. The summed E-state index contributed by atoms with van der Waals surface area (Å²) in [5.74, 6) is 0.734. The number of hydrogen-bond acceptors (Lipinski definition) is 2. The Morgan fingerprint density at radius 3 is 2.60 bits per heavy atom. The van der Waals surface area contributed by atoms with Crippen LogP contribution in [0.1, 0.15) is 31.1 Å². The Labute approximate surface area is 91.2 Å². The summed E-state index contributed by atoms with van der Waals surface area (Å²) in [6.07, 6.45) is 1.16. The van der Waals surface area contributed by atoms with Gasteiger partial charge in [0.2, 0.25) is 0 Å². The minimum Gasteiger partial charge on any atom is -0.486 e. The predicted molar refractivity (Wildman–Crippen MR) is 62.1 cm³/mol. The first-order chi connectivity index (χ1) is 7.04. The zero-order chi connectivity index (χ0) is 11.4. The largest absolute Gasteiger partial charge is 0.486 e. The summed E-state index contributed by atoms with van der Waals surface area (Å²) in [5.41, 5.74) is 1.93. The lowest BCUT2D eigenvalue weighted by atomic mass is 10.1. The summed E-state index contributed by atoms with van der Waals surface area (Å²) in [5, 5.41) is 9.58. The number of hydrogen-bond donors (Lipinski definition) is 1. The van der Waals surface area contributed by atoms with Crippen molar-refractivity contribution in [3.05, 3.63) is 42.0 Å². The maximum absolute atomic E-state index is 9.58. The van der Waals surface area contributed by atoms with E-state index in [2.05, 4.69) is 6.58 Å². The molecule has 1 aromatic rings. The number of ether oxygens (including phenoxy) is 1. The molecule has 0 spiro atoms. The number of rotatable bonds is 4. The van der Waals surface area contributed by atoms with E-state index in [0.717, 1.165) is 16.9 Å². The van der Waals surface area contributed by atoms with Crippen LogP contribution in [-0.2, 0) is 0 Å². The minimum absolute atomic E-state index is 0.0516. The molecule has 1 unspecified atom stereocenters. The Bertz CT molecular complexity index is 342. The van der Waals surface area contributed by atoms with Crippen LogP contribution in [-0.4, -0.2) is 11.2 Å². The van der Waals surface area contributed by atoms with E-state index in [1.165, 1.54) is 0 Å². The zero-order valence-corrected chi connectivity index (χ0v) is 9.53. The van der Waals surface area contributed by atoms with Gasteiger partial charge in [-0.25, -0.2) is 0 Å². The molecule has 2 heteroatoms. The smallest absolute Gasteiger partial charge is 0.126 e. The lowest BCUT2D eigenvalue weighted by Gasteiger charge is -2.16. The molecular weight excluding hydrogens is 188 g/mol. The molecule has 0 bridgehead atoms. The molecule has 0 aliphatic heterocycles. The number of aliphatic hydroxyl groups is 1. The highest BCUT2D eigenvalue weighted by molar-refractivity contribution is 5.38. The molecule has 0 aliphatic rings. The second-order valence-electron chi connectivity index (χ2n) is 3.78. The summed E-state index contributed by atoms with van der Waals surface area (Å²) in [6, 6.07) is 5.79. The van der Waals surface area contributed by atoms with Crippen LogP contribution in [0.5, 0.6) is 5.75 Å². The molecule has 1 N–H and O–H groups in total. The topological polar surface area (TPSA) is 29.5 Å². The third-order valence-corrected chi connectivity index (χ3v) is 2.26. The van der Waals surface area contributed by atoms with Crippen molar-refractivity contribution >= 4 is 0 Å². The fourth-order valence-corrected chi connectivity index (χ4v) is 1.34. The van der Waals surface area contributed by atoms with Gasteiger partial charge in [0, 0.05) is 5.56 Å². The lowest BCUT2D eigenvalue weighted by Crippen LogP contribution is -2.10. The Kier molecular flexibility index (Phi) is 3.92. The third kappa shape index (κ3) is 3.10. The van der Waals surface area contributed by atoms with Gasteiger partial charge in [0.05, 0.1) is 6.10 Å². The van der Waals surface area contributed by atoms with E-state index >= 15 is 0 Å². The van der Waals surface area contributed by atoms with Crippen molar-refractivity contribution < 1.29 is 9.84 Å². The first-order valence-electron chi connectivity index (χ1n) is 5.12. The molecule has 2 atom stereocenters. The predicted octanol–water partition coefficient (Wildman–Crippen LogP) is 3.00. The van der Waals surface area contributed by atoms with Crippen LogP contribution in [0, 0.1) is 6.92 Å². The van der Waals surface area contributed by atoms with E-state index in [0.29, 0.717) is 0 Å². The van der Waals surface area contributed by atoms with Crippen LogP contribution in [0.15, 0.2) is 30.9 Å². The van der Waals surface area contributed by atoms with Crippen molar-refractivity contribution in [3.8, 4) is 5.75 Å². The van der Waals surface area contributed by atoms with Crippen molar-refractivity contribution in [1.82, 2.24) is 0 Å². The second kappa shape index (κ2) is 4.99. The standard InChI is InChI=1S/C13H18O2/c1-5-10(3)15-13-8-9(2)6-7-12(13)11(4)14/h5-8,10-11,14H,1H2,2-4H3/t10?,11-/m0/s1. The maximum Gasteiger partial charge on any atom is 0.126 e. The number of aliphatic hydroxyl groups excluding tert-OH is 1. The molecule has 0 aliphatic carbocycles. The fourth-order valence-electron chi connectivity index (χ4n) is 1.34. The average Bonchev–Trinajstić information content (AvgIpc) is 2.17. The van der Waals surface area contributed by atoms with Crippen molar-refractivity contribution in [2.75, 3.05) is 0 Å². The SMILES string of the molecule is C=CC(C)Oc1cc(C)ccc1[C@H](C)O. The lowest BCUT2D eigenvalue weighted by molar-refractivity contribution is 0.187. The summed E-state index contributed by atoms with van der Waals surface area (Å²) >= 11 is 0. The van der Waals surface area contributed by atoms with Gasteiger partial charge in [-0.3, -0.25) is 0 Å². The van der Waals surface area contributed by atoms with E-state index in [1.54, 1.807) is 13.0 Å². The Morgan fingerprint density at radius 2 is 2.07 bits per heavy atom. The van der Waals surface area contributed by atoms with Gasteiger partial charge in [-0.2, -0.15) is 0 Å². The van der Waals surface area contributed by atoms with Crippen molar-refractivity contribution in [2.24, 2.45) is 0 Å². The van der Waals surface area contributed by atoms with Crippen molar-refractivity contribution in [3.63, 3.8) is 0 Å². The summed E-state index contributed by atoms with van der Waals surface area (Å²) in [7, 11) is 0. The monoisotopic (exact) mass is 206 g/mol. The van der Waals surface area contributed by atoms with Crippen LogP contribution in [0.4, 0.5) is 0 Å². The van der Waals surface area contributed by atoms with Gasteiger partial charge in [-0.05, 0) is 32.4 Å². The summed E-state index contributed by atoms with van der Waals surface area (Å²) < 4.78 is 5.66. The highest BCUT2D eigenvalue weighted by atomic mass is 16.5. The summed E-state index contributed by atoms with van der Waals surface area (Å²) in [6.45, 7) is 9.31. The molecule has 0 fully saturated rings.